The molecule has 0 saturated carbocycles. The fourth-order valence-corrected chi connectivity index (χ4v) is 2.50. The van der Waals surface area contributed by atoms with Gasteiger partial charge in [-0.05, 0) is 52.0 Å². The third-order valence-electron chi connectivity index (χ3n) is 3.17. The fourth-order valence-electron chi connectivity index (χ4n) is 2.01. The first kappa shape index (κ1) is 14.3. The van der Waals surface area contributed by atoms with Gasteiger partial charge in [-0.1, -0.05) is 51.1 Å². The van der Waals surface area contributed by atoms with E-state index >= 15 is 0 Å². The van der Waals surface area contributed by atoms with E-state index in [0.717, 1.165) is 23.1 Å². The van der Waals surface area contributed by atoms with E-state index in [2.05, 4.69) is 84.1 Å². The average Bonchev–Trinajstić information content (AvgIpc) is 2.36. The minimum Gasteiger partial charge on any atom is -0.245 e. The summed E-state index contributed by atoms with van der Waals surface area (Å²) < 4.78 is 0.933. The van der Waals surface area contributed by atoms with Crippen LogP contribution < -0.4 is 0 Å². The molecular weight excluding hydrogens is 298 g/mol. The van der Waals surface area contributed by atoms with Gasteiger partial charge in [0.05, 0.1) is 0 Å². The highest BCUT2D eigenvalue weighted by Crippen LogP contribution is 2.24. The summed E-state index contributed by atoms with van der Waals surface area (Å²) in [5, 5.41) is 0. The second kappa shape index (κ2) is 5.87. The SMILES string of the molecule is CC(C)(C)c1cc(CCc2ccccc2)cc(Br)n1. The molecule has 0 saturated heterocycles. The predicted octanol–water partition coefficient (Wildman–Crippen LogP) is 4.93. The van der Waals surface area contributed by atoms with Crippen LogP contribution in [-0.4, -0.2) is 4.98 Å². The molecule has 0 aliphatic rings. The van der Waals surface area contributed by atoms with Gasteiger partial charge in [0.1, 0.15) is 4.60 Å². The molecule has 0 fully saturated rings. The van der Waals surface area contributed by atoms with E-state index in [1.165, 1.54) is 11.1 Å². The number of pyridine rings is 1. The molecule has 1 aromatic carbocycles. The number of aryl methyl sites for hydroxylation is 2. The highest BCUT2D eigenvalue weighted by molar-refractivity contribution is 9.10. The number of aromatic nitrogens is 1. The lowest BCUT2D eigenvalue weighted by Crippen LogP contribution is -2.14. The molecular formula is C17H20BrN. The minimum atomic E-state index is 0.0886. The zero-order chi connectivity index (χ0) is 13.9. The maximum absolute atomic E-state index is 4.58. The molecule has 19 heavy (non-hydrogen) atoms. The molecule has 2 aromatic rings. The van der Waals surface area contributed by atoms with Crippen LogP contribution in [0.5, 0.6) is 0 Å². The average molecular weight is 318 g/mol. The number of nitrogens with zero attached hydrogens (tertiary/aromatic N) is 1. The Morgan fingerprint density at radius 3 is 2.21 bits per heavy atom. The molecule has 0 aliphatic carbocycles. The Labute approximate surface area is 124 Å². The van der Waals surface area contributed by atoms with E-state index in [-0.39, 0.29) is 5.41 Å². The number of hydrogen-bond donors (Lipinski definition) is 0. The molecule has 0 amide bonds. The highest BCUT2D eigenvalue weighted by Gasteiger charge is 2.16. The molecule has 1 heterocycles. The van der Waals surface area contributed by atoms with Crippen molar-refractivity contribution in [2.45, 2.75) is 39.0 Å². The summed E-state index contributed by atoms with van der Waals surface area (Å²) in [7, 11) is 0. The molecule has 2 heteroatoms. The molecule has 0 radical (unpaired) electrons. The largest absolute Gasteiger partial charge is 0.245 e. The summed E-state index contributed by atoms with van der Waals surface area (Å²) in [4.78, 5) is 4.58. The lowest BCUT2D eigenvalue weighted by molar-refractivity contribution is 0.566. The van der Waals surface area contributed by atoms with Crippen molar-refractivity contribution >= 4 is 15.9 Å². The molecule has 0 spiro atoms. The zero-order valence-electron chi connectivity index (χ0n) is 11.8. The van der Waals surface area contributed by atoms with Crippen molar-refractivity contribution < 1.29 is 0 Å². The first-order chi connectivity index (χ1) is 8.95. The normalized spacial score (nSPS) is 11.6. The van der Waals surface area contributed by atoms with Crippen molar-refractivity contribution in [1.29, 1.82) is 0 Å². The van der Waals surface area contributed by atoms with E-state index in [1.54, 1.807) is 0 Å². The molecule has 1 aromatic heterocycles. The fraction of sp³-hybridized carbons (Fsp3) is 0.353. The maximum atomic E-state index is 4.58. The smallest absolute Gasteiger partial charge is 0.106 e. The summed E-state index contributed by atoms with van der Waals surface area (Å²) in [5.41, 5.74) is 3.96. The zero-order valence-corrected chi connectivity index (χ0v) is 13.4. The van der Waals surface area contributed by atoms with Crippen LogP contribution in [0, 0.1) is 0 Å². The molecule has 0 bridgehead atoms. The van der Waals surface area contributed by atoms with E-state index in [0.29, 0.717) is 0 Å². The van der Waals surface area contributed by atoms with Crippen molar-refractivity contribution in [2.75, 3.05) is 0 Å². The Balaban J connectivity index is 2.15. The van der Waals surface area contributed by atoms with Gasteiger partial charge in [-0.3, -0.25) is 0 Å². The topological polar surface area (TPSA) is 12.9 Å². The standard InChI is InChI=1S/C17H20BrN/c1-17(2,3)15-11-14(12-16(18)19-15)10-9-13-7-5-4-6-8-13/h4-8,11-12H,9-10H2,1-3H3. The van der Waals surface area contributed by atoms with E-state index < -0.39 is 0 Å². The molecule has 100 valence electrons. The molecule has 0 aliphatic heterocycles. The van der Waals surface area contributed by atoms with Gasteiger partial charge in [0, 0.05) is 11.1 Å². The second-order valence-corrected chi connectivity index (χ2v) is 6.73. The third kappa shape index (κ3) is 4.17. The van der Waals surface area contributed by atoms with Crippen molar-refractivity contribution in [3.05, 3.63) is 63.9 Å². The quantitative estimate of drug-likeness (QED) is 0.732. The summed E-state index contributed by atoms with van der Waals surface area (Å²) in [6.07, 6.45) is 2.12. The van der Waals surface area contributed by atoms with Gasteiger partial charge in [-0.25, -0.2) is 4.98 Å². The van der Waals surface area contributed by atoms with Crippen LogP contribution in [0.2, 0.25) is 0 Å². The van der Waals surface area contributed by atoms with Crippen LogP contribution in [0.3, 0.4) is 0 Å². The summed E-state index contributed by atoms with van der Waals surface area (Å²) >= 11 is 3.52. The van der Waals surface area contributed by atoms with E-state index in [4.69, 9.17) is 0 Å². The van der Waals surface area contributed by atoms with Gasteiger partial charge in [-0.2, -0.15) is 0 Å². The third-order valence-corrected chi connectivity index (χ3v) is 3.57. The van der Waals surface area contributed by atoms with Crippen molar-refractivity contribution in [1.82, 2.24) is 4.98 Å². The Morgan fingerprint density at radius 2 is 1.58 bits per heavy atom. The van der Waals surface area contributed by atoms with Crippen LogP contribution >= 0.6 is 15.9 Å². The van der Waals surface area contributed by atoms with Crippen LogP contribution in [0.1, 0.15) is 37.6 Å². The van der Waals surface area contributed by atoms with Gasteiger partial charge >= 0.3 is 0 Å². The Morgan fingerprint density at radius 1 is 0.947 bits per heavy atom. The lowest BCUT2D eigenvalue weighted by atomic mass is 9.90. The summed E-state index contributed by atoms with van der Waals surface area (Å²) in [6, 6.07) is 15.0. The second-order valence-electron chi connectivity index (χ2n) is 5.92. The monoisotopic (exact) mass is 317 g/mol. The van der Waals surface area contributed by atoms with Gasteiger partial charge < -0.3 is 0 Å². The molecule has 0 N–H and O–H groups in total. The summed E-state index contributed by atoms with van der Waals surface area (Å²) in [6.45, 7) is 6.59. The predicted molar refractivity (Wildman–Crippen MR) is 84.5 cm³/mol. The molecule has 1 nitrogen and oxygen atoms in total. The first-order valence-corrected chi connectivity index (χ1v) is 7.45. The van der Waals surface area contributed by atoms with Crippen LogP contribution in [-0.2, 0) is 18.3 Å². The molecule has 2 rings (SSSR count). The van der Waals surface area contributed by atoms with Crippen LogP contribution in [0.4, 0.5) is 0 Å². The van der Waals surface area contributed by atoms with Crippen molar-refractivity contribution in [3.63, 3.8) is 0 Å². The number of benzene rings is 1. The van der Waals surface area contributed by atoms with Crippen molar-refractivity contribution in [3.8, 4) is 0 Å². The highest BCUT2D eigenvalue weighted by atomic mass is 79.9. The number of halogens is 1. The van der Waals surface area contributed by atoms with E-state index in [1.807, 2.05) is 0 Å². The van der Waals surface area contributed by atoms with Gasteiger partial charge in [0.15, 0.2) is 0 Å². The number of rotatable bonds is 3. The minimum absolute atomic E-state index is 0.0886. The first-order valence-electron chi connectivity index (χ1n) is 6.66. The number of hydrogen-bond acceptors (Lipinski definition) is 1. The molecule has 0 unspecified atom stereocenters. The van der Waals surface area contributed by atoms with Crippen LogP contribution in [0.15, 0.2) is 47.1 Å². The van der Waals surface area contributed by atoms with E-state index in [9.17, 15) is 0 Å². The van der Waals surface area contributed by atoms with Gasteiger partial charge in [0.2, 0.25) is 0 Å². The summed E-state index contributed by atoms with van der Waals surface area (Å²) in [5.74, 6) is 0. The van der Waals surface area contributed by atoms with Crippen molar-refractivity contribution in [2.24, 2.45) is 0 Å². The van der Waals surface area contributed by atoms with Crippen LogP contribution in [0.25, 0.3) is 0 Å². The lowest BCUT2D eigenvalue weighted by Gasteiger charge is -2.19. The van der Waals surface area contributed by atoms with Gasteiger partial charge in [-0.15, -0.1) is 0 Å². The Bertz CT molecular complexity index is 541. The Kier molecular flexibility index (Phi) is 4.41. The molecule has 0 atom stereocenters. The Hall–Kier alpha value is -1.15. The maximum Gasteiger partial charge on any atom is 0.106 e. The van der Waals surface area contributed by atoms with Gasteiger partial charge in [0.25, 0.3) is 0 Å².